The molecule has 0 bridgehead atoms. The Kier molecular flexibility index (Phi) is 4.75. The minimum atomic E-state index is -0.803. The van der Waals surface area contributed by atoms with Gasteiger partial charge in [0.05, 0.1) is 18.8 Å². The van der Waals surface area contributed by atoms with Gasteiger partial charge in [-0.15, -0.1) is 0 Å². The van der Waals surface area contributed by atoms with Gasteiger partial charge in [0.15, 0.2) is 6.61 Å². The maximum absolute atomic E-state index is 12.0. The molecule has 1 N–H and O–H groups in total. The van der Waals surface area contributed by atoms with Gasteiger partial charge in [-0.3, -0.25) is 9.59 Å². The average Bonchev–Trinajstić information content (AvgIpc) is 3.21. The summed E-state index contributed by atoms with van der Waals surface area (Å²) in [6, 6.07) is 7.93. The van der Waals surface area contributed by atoms with E-state index in [2.05, 4.69) is 11.4 Å². The van der Waals surface area contributed by atoms with E-state index in [1.807, 2.05) is 25.1 Å². The van der Waals surface area contributed by atoms with Gasteiger partial charge in [-0.1, -0.05) is 12.1 Å². The quantitative estimate of drug-likeness (QED) is 0.845. The lowest BCUT2D eigenvalue weighted by atomic mass is 10.00. The number of benzene rings is 1. The van der Waals surface area contributed by atoms with Gasteiger partial charge in [-0.05, 0) is 44.2 Å². The lowest BCUT2D eigenvalue weighted by molar-refractivity contribution is -0.148. The number of aryl methyl sites for hydroxylation is 1. The van der Waals surface area contributed by atoms with Crippen molar-refractivity contribution < 1.29 is 18.7 Å². The van der Waals surface area contributed by atoms with Crippen molar-refractivity contribution in [2.75, 3.05) is 6.61 Å². The second-order valence-corrected chi connectivity index (χ2v) is 6.55. The van der Waals surface area contributed by atoms with Gasteiger partial charge in [0.25, 0.3) is 5.91 Å². The molecule has 0 unspecified atom stereocenters. The first kappa shape index (κ1) is 17.0. The molecule has 130 valence electrons. The summed E-state index contributed by atoms with van der Waals surface area (Å²) in [5.41, 5.74) is 1.72. The fourth-order valence-corrected chi connectivity index (χ4v) is 3.23. The number of ether oxygens (including phenoxy) is 1. The third-order valence-electron chi connectivity index (χ3n) is 4.56. The molecule has 3 rings (SSSR count). The van der Waals surface area contributed by atoms with Crippen LogP contribution in [0.25, 0.3) is 11.0 Å². The van der Waals surface area contributed by atoms with Crippen LogP contribution < -0.4 is 5.32 Å². The number of rotatable bonds is 5. The average molecular weight is 340 g/mol. The number of nitriles is 1. The molecule has 0 atom stereocenters. The van der Waals surface area contributed by atoms with Crippen molar-refractivity contribution in [3.05, 3.63) is 35.6 Å². The van der Waals surface area contributed by atoms with Crippen LogP contribution in [0.3, 0.4) is 0 Å². The number of nitrogens with one attached hydrogen (secondary N) is 1. The highest BCUT2D eigenvalue weighted by molar-refractivity contribution is 5.87. The predicted molar refractivity (Wildman–Crippen MR) is 90.6 cm³/mol. The van der Waals surface area contributed by atoms with E-state index in [1.54, 1.807) is 0 Å². The van der Waals surface area contributed by atoms with E-state index in [0.29, 0.717) is 12.8 Å². The lowest BCUT2D eigenvalue weighted by Gasteiger charge is -2.21. The van der Waals surface area contributed by atoms with E-state index in [4.69, 9.17) is 9.15 Å². The van der Waals surface area contributed by atoms with Crippen molar-refractivity contribution in [3.8, 4) is 6.07 Å². The minimum absolute atomic E-state index is 0.0345. The molecule has 1 aliphatic rings. The molecule has 0 radical (unpaired) electrons. The summed E-state index contributed by atoms with van der Waals surface area (Å²) < 4.78 is 10.5. The molecule has 0 spiro atoms. The van der Waals surface area contributed by atoms with Crippen molar-refractivity contribution in [1.82, 2.24) is 5.32 Å². The summed E-state index contributed by atoms with van der Waals surface area (Å²) in [4.78, 5) is 24.0. The Morgan fingerprint density at radius 1 is 1.36 bits per heavy atom. The van der Waals surface area contributed by atoms with Gasteiger partial charge in [0.2, 0.25) is 0 Å². The molecular formula is C19H20N2O4. The number of furan rings is 1. The Morgan fingerprint density at radius 2 is 2.12 bits per heavy atom. The van der Waals surface area contributed by atoms with Gasteiger partial charge in [-0.2, -0.15) is 5.26 Å². The number of nitrogens with zero attached hydrogens (tertiary/aromatic N) is 1. The standard InChI is InChI=1S/C19H20N2O4/c1-13-4-5-15-14(10-24-16(15)8-13)9-18(23)25-11-17(22)21-19(12-20)6-2-3-7-19/h4-5,8,10H,2-3,6-7,9,11H2,1H3,(H,21,22). The van der Waals surface area contributed by atoms with Crippen LogP contribution in [0.2, 0.25) is 0 Å². The first-order valence-corrected chi connectivity index (χ1v) is 8.36. The van der Waals surface area contributed by atoms with Crippen molar-refractivity contribution in [3.63, 3.8) is 0 Å². The smallest absolute Gasteiger partial charge is 0.310 e. The van der Waals surface area contributed by atoms with Crippen molar-refractivity contribution >= 4 is 22.8 Å². The van der Waals surface area contributed by atoms with E-state index in [1.165, 1.54) is 6.26 Å². The maximum Gasteiger partial charge on any atom is 0.310 e. The SMILES string of the molecule is Cc1ccc2c(CC(=O)OCC(=O)NC3(C#N)CCCC3)coc2c1. The number of fused-ring (bicyclic) bond motifs is 1. The van der Waals surface area contributed by atoms with Crippen LogP contribution in [0, 0.1) is 18.3 Å². The second-order valence-electron chi connectivity index (χ2n) is 6.55. The molecule has 25 heavy (non-hydrogen) atoms. The molecular weight excluding hydrogens is 320 g/mol. The summed E-state index contributed by atoms with van der Waals surface area (Å²) in [5.74, 6) is -0.944. The Morgan fingerprint density at radius 3 is 2.84 bits per heavy atom. The topological polar surface area (TPSA) is 92.3 Å². The first-order chi connectivity index (χ1) is 12.0. The molecule has 1 heterocycles. The molecule has 1 aromatic heterocycles. The summed E-state index contributed by atoms with van der Waals surface area (Å²) in [5, 5.41) is 12.8. The van der Waals surface area contributed by atoms with Crippen LogP contribution >= 0.6 is 0 Å². The number of amides is 1. The van der Waals surface area contributed by atoms with E-state index >= 15 is 0 Å². The van der Waals surface area contributed by atoms with Crippen molar-refractivity contribution in [2.24, 2.45) is 0 Å². The summed E-state index contributed by atoms with van der Waals surface area (Å²) in [6.45, 7) is 1.59. The van der Waals surface area contributed by atoms with Crippen LogP contribution in [0.5, 0.6) is 0 Å². The van der Waals surface area contributed by atoms with Crippen LogP contribution in [-0.2, 0) is 20.7 Å². The number of esters is 1. The molecule has 1 aromatic carbocycles. The molecule has 0 saturated heterocycles. The molecule has 2 aromatic rings. The van der Waals surface area contributed by atoms with Crippen LogP contribution in [0.1, 0.15) is 36.8 Å². The highest BCUT2D eigenvalue weighted by Crippen LogP contribution is 2.28. The Bertz CT molecular complexity index is 841. The van der Waals surface area contributed by atoms with Gasteiger partial charge in [-0.25, -0.2) is 0 Å². The number of hydrogen-bond donors (Lipinski definition) is 1. The van der Waals surface area contributed by atoms with Gasteiger partial charge < -0.3 is 14.5 Å². The van der Waals surface area contributed by atoms with Gasteiger partial charge >= 0.3 is 5.97 Å². The fourth-order valence-electron chi connectivity index (χ4n) is 3.23. The number of hydrogen-bond acceptors (Lipinski definition) is 5. The summed E-state index contributed by atoms with van der Waals surface area (Å²) in [6.07, 6.45) is 4.69. The largest absolute Gasteiger partial charge is 0.464 e. The number of carbonyl (C=O) groups excluding carboxylic acids is 2. The van der Waals surface area contributed by atoms with Crippen molar-refractivity contribution in [1.29, 1.82) is 5.26 Å². The molecule has 6 nitrogen and oxygen atoms in total. The summed E-state index contributed by atoms with van der Waals surface area (Å²) >= 11 is 0. The zero-order valence-electron chi connectivity index (χ0n) is 14.1. The zero-order chi connectivity index (χ0) is 17.9. The first-order valence-electron chi connectivity index (χ1n) is 8.36. The van der Waals surface area contributed by atoms with Crippen molar-refractivity contribution in [2.45, 2.75) is 44.6 Å². The van der Waals surface area contributed by atoms with Crippen LogP contribution in [0.15, 0.2) is 28.9 Å². The predicted octanol–water partition coefficient (Wildman–Crippen LogP) is 2.78. The molecule has 1 saturated carbocycles. The van der Waals surface area contributed by atoms with Crippen LogP contribution in [-0.4, -0.2) is 24.0 Å². The monoisotopic (exact) mass is 340 g/mol. The van der Waals surface area contributed by atoms with Crippen LogP contribution in [0.4, 0.5) is 0 Å². The minimum Gasteiger partial charge on any atom is -0.464 e. The third-order valence-corrected chi connectivity index (χ3v) is 4.56. The highest BCUT2D eigenvalue weighted by atomic mass is 16.5. The second kappa shape index (κ2) is 6.98. The Labute approximate surface area is 145 Å². The molecule has 1 amide bonds. The normalized spacial score (nSPS) is 15.7. The molecule has 0 aliphatic heterocycles. The lowest BCUT2D eigenvalue weighted by Crippen LogP contribution is -2.46. The Hall–Kier alpha value is -2.81. The van der Waals surface area contributed by atoms with E-state index in [0.717, 1.165) is 34.9 Å². The maximum atomic E-state index is 12.0. The Balaban J connectivity index is 1.54. The highest BCUT2D eigenvalue weighted by Gasteiger charge is 2.35. The third kappa shape index (κ3) is 3.82. The zero-order valence-corrected chi connectivity index (χ0v) is 14.1. The van der Waals surface area contributed by atoms with E-state index in [9.17, 15) is 14.9 Å². The van der Waals surface area contributed by atoms with Gasteiger partial charge in [0.1, 0.15) is 11.1 Å². The molecule has 1 aliphatic carbocycles. The number of carbonyl (C=O) groups is 2. The van der Waals surface area contributed by atoms with E-state index < -0.39 is 17.4 Å². The van der Waals surface area contributed by atoms with Gasteiger partial charge in [0, 0.05) is 10.9 Å². The fraction of sp³-hybridized carbons (Fsp3) is 0.421. The summed E-state index contributed by atoms with van der Waals surface area (Å²) in [7, 11) is 0. The molecule has 6 heteroatoms. The molecule has 1 fully saturated rings. The van der Waals surface area contributed by atoms with E-state index in [-0.39, 0.29) is 13.0 Å².